The van der Waals surface area contributed by atoms with Crippen LogP contribution in [0.1, 0.15) is 46.5 Å². The lowest BCUT2D eigenvalue weighted by Crippen LogP contribution is -2.20. The number of halogens is 3. The summed E-state index contributed by atoms with van der Waals surface area (Å²) in [5.41, 5.74) is 0.338. The van der Waals surface area contributed by atoms with E-state index in [2.05, 4.69) is 13.8 Å². The maximum absolute atomic E-state index is 12.0. The maximum Gasteiger partial charge on any atom is 0.389 e. The Bertz CT molecular complexity index is 191. The SMILES string of the molecule is CC([C@H](C)CCC(F)(F)F)C1(C)CC1. The van der Waals surface area contributed by atoms with Crippen molar-refractivity contribution >= 4 is 0 Å². The first-order valence-corrected chi connectivity index (χ1v) is 5.31. The number of rotatable bonds is 4. The second-order valence-corrected chi connectivity index (χ2v) is 5.07. The minimum Gasteiger partial charge on any atom is -0.171 e. The molecule has 0 aromatic carbocycles. The van der Waals surface area contributed by atoms with E-state index in [1.54, 1.807) is 0 Å². The van der Waals surface area contributed by atoms with E-state index in [0.717, 1.165) is 0 Å². The summed E-state index contributed by atoms with van der Waals surface area (Å²) in [5.74, 6) is 0.606. The Labute approximate surface area is 83.9 Å². The highest BCUT2D eigenvalue weighted by Crippen LogP contribution is 2.54. The summed E-state index contributed by atoms with van der Waals surface area (Å²) in [4.78, 5) is 0. The predicted octanol–water partition coefficient (Wildman–Crippen LogP) is 4.40. The van der Waals surface area contributed by atoms with Crippen LogP contribution in [0, 0.1) is 17.3 Å². The summed E-state index contributed by atoms with van der Waals surface area (Å²) in [7, 11) is 0. The summed E-state index contributed by atoms with van der Waals surface area (Å²) < 4.78 is 36.0. The van der Waals surface area contributed by atoms with Crippen LogP contribution in [0.5, 0.6) is 0 Å². The van der Waals surface area contributed by atoms with Gasteiger partial charge in [0.05, 0.1) is 0 Å². The van der Waals surface area contributed by atoms with E-state index in [-0.39, 0.29) is 12.3 Å². The Kier molecular flexibility index (Phi) is 3.17. The topological polar surface area (TPSA) is 0 Å². The monoisotopic (exact) mass is 208 g/mol. The Morgan fingerprint density at radius 3 is 2.07 bits per heavy atom. The fraction of sp³-hybridized carbons (Fsp3) is 1.00. The van der Waals surface area contributed by atoms with Gasteiger partial charge in [-0.2, -0.15) is 13.2 Å². The van der Waals surface area contributed by atoms with Crippen molar-refractivity contribution in [3.63, 3.8) is 0 Å². The first-order valence-electron chi connectivity index (χ1n) is 5.31. The van der Waals surface area contributed by atoms with Crippen molar-refractivity contribution in [3.05, 3.63) is 0 Å². The summed E-state index contributed by atoms with van der Waals surface area (Å²) >= 11 is 0. The first-order chi connectivity index (χ1) is 6.25. The molecule has 1 unspecified atom stereocenters. The van der Waals surface area contributed by atoms with Gasteiger partial charge >= 0.3 is 6.18 Å². The van der Waals surface area contributed by atoms with Crippen LogP contribution in [0.2, 0.25) is 0 Å². The van der Waals surface area contributed by atoms with E-state index in [0.29, 0.717) is 11.3 Å². The quantitative estimate of drug-likeness (QED) is 0.642. The highest BCUT2D eigenvalue weighted by Gasteiger charge is 2.44. The van der Waals surface area contributed by atoms with Crippen molar-refractivity contribution in [1.82, 2.24) is 0 Å². The van der Waals surface area contributed by atoms with Gasteiger partial charge in [0.2, 0.25) is 0 Å². The lowest BCUT2D eigenvalue weighted by molar-refractivity contribution is -0.138. The zero-order chi connectivity index (χ0) is 11.0. The molecule has 0 N–H and O–H groups in total. The molecule has 0 aliphatic heterocycles. The molecule has 1 aliphatic rings. The molecule has 0 aromatic heterocycles. The van der Waals surface area contributed by atoms with Crippen LogP contribution in [-0.2, 0) is 0 Å². The molecule has 0 heterocycles. The predicted molar refractivity (Wildman–Crippen MR) is 51.0 cm³/mol. The van der Waals surface area contributed by atoms with Crippen LogP contribution in [0.3, 0.4) is 0 Å². The third-order valence-corrected chi connectivity index (χ3v) is 3.87. The van der Waals surface area contributed by atoms with Gasteiger partial charge in [-0.05, 0) is 36.5 Å². The molecule has 84 valence electrons. The minimum absolute atomic E-state index is 0.184. The molecule has 1 saturated carbocycles. The lowest BCUT2D eigenvalue weighted by atomic mass is 9.80. The van der Waals surface area contributed by atoms with Gasteiger partial charge in [-0.1, -0.05) is 20.8 Å². The van der Waals surface area contributed by atoms with Crippen molar-refractivity contribution in [3.8, 4) is 0 Å². The molecule has 3 heteroatoms. The molecular weight excluding hydrogens is 189 g/mol. The van der Waals surface area contributed by atoms with Gasteiger partial charge in [0.15, 0.2) is 0 Å². The second kappa shape index (κ2) is 3.74. The van der Waals surface area contributed by atoms with E-state index < -0.39 is 12.6 Å². The van der Waals surface area contributed by atoms with Crippen molar-refractivity contribution in [2.75, 3.05) is 0 Å². The van der Waals surface area contributed by atoms with Crippen LogP contribution < -0.4 is 0 Å². The third kappa shape index (κ3) is 3.18. The Balaban J connectivity index is 2.31. The highest BCUT2D eigenvalue weighted by molar-refractivity contribution is 4.94. The van der Waals surface area contributed by atoms with Gasteiger partial charge in [0.1, 0.15) is 0 Å². The molecule has 1 fully saturated rings. The van der Waals surface area contributed by atoms with Gasteiger partial charge in [0, 0.05) is 6.42 Å². The normalized spacial score (nSPS) is 24.4. The van der Waals surface area contributed by atoms with Crippen LogP contribution in [0.25, 0.3) is 0 Å². The summed E-state index contributed by atoms with van der Waals surface area (Å²) in [5, 5.41) is 0. The van der Waals surface area contributed by atoms with Gasteiger partial charge in [0.25, 0.3) is 0 Å². The molecule has 14 heavy (non-hydrogen) atoms. The Morgan fingerprint density at radius 2 is 1.71 bits per heavy atom. The van der Waals surface area contributed by atoms with E-state index in [9.17, 15) is 13.2 Å². The fourth-order valence-electron chi connectivity index (χ4n) is 1.98. The Hall–Kier alpha value is -0.210. The maximum atomic E-state index is 12.0. The number of hydrogen-bond donors (Lipinski definition) is 0. The molecule has 0 bridgehead atoms. The molecule has 0 nitrogen and oxygen atoms in total. The Morgan fingerprint density at radius 1 is 1.21 bits per heavy atom. The average molecular weight is 208 g/mol. The first kappa shape index (κ1) is 11.9. The number of hydrogen-bond acceptors (Lipinski definition) is 0. The molecule has 0 aromatic rings. The minimum atomic E-state index is -3.99. The molecule has 0 amide bonds. The standard InChI is InChI=1S/C11H19F3/c1-8(4-5-11(12,13)14)9(2)10(3)6-7-10/h8-9H,4-7H2,1-3H3/t8-,9?/m1/s1. The van der Waals surface area contributed by atoms with Gasteiger partial charge in [-0.15, -0.1) is 0 Å². The molecule has 1 rings (SSSR count). The van der Waals surface area contributed by atoms with Gasteiger partial charge in [-0.3, -0.25) is 0 Å². The van der Waals surface area contributed by atoms with Crippen LogP contribution in [0.4, 0.5) is 13.2 Å². The van der Waals surface area contributed by atoms with Crippen molar-refractivity contribution in [2.24, 2.45) is 17.3 Å². The zero-order valence-electron chi connectivity index (χ0n) is 9.12. The zero-order valence-corrected chi connectivity index (χ0v) is 9.12. The van der Waals surface area contributed by atoms with Gasteiger partial charge < -0.3 is 0 Å². The molecule has 2 atom stereocenters. The van der Waals surface area contributed by atoms with Crippen molar-refractivity contribution in [2.45, 2.75) is 52.6 Å². The lowest BCUT2D eigenvalue weighted by Gasteiger charge is -2.26. The summed E-state index contributed by atoms with van der Waals surface area (Å²) in [6.45, 7) is 6.22. The van der Waals surface area contributed by atoms with Crippen LogP contribution in [-0.4, -0.2) is 6.18 Å². The van der Waals surface area contributed by atoms with Gasteiger partial charge in [-0.25, -0.2) is 0 Å². The largest absolute Gasteiger partial charge is 0.389 e. The van der Waals surface area contributed by atoms with E-state index in [4.69, 9.17) is 0 Å². The second-order valence-electron chi connectivity index (χ2n) is 5.07. The van der Waals surface area contributed by atoms with E-state index >= 15 is 0 Å². The highest BCUT2D eigenvalue weighted by atomic mass is 19.4. The molecular formula is C11H19F3. The molecule has 0 spiro atoms. The average Bonchev–Trinajstić information content (AvgIpc) is 2.78. The fourth-order valence-corrected chi connectivity index (χ4v) is 1.98. The van der Waals surface area contributed by atoms with E-state index in [1.807, 2.05) is 6.92 Å². The van der Waals surface area contributed by atoms with Crippen molar-refractivity contribution < 1.29 is 13.2 Å². The summed E-state index contributed by atoms with van der Waals surface area (Å²) in [6, 6.07) is 0. The third-order valence-electron chi connectivity index (χ3n) is 3.87. The number of alkyl halides is 3. The molecule has 0 saturated heterocycles. The molecule has 1 aliphatic carbocycles. The molecule has 0 radical (unpaired) electrons. The smallest absolute Gasteiger partial charge is 0.171 e. The van der Waals surface area contributed by atoms with Crippen LogP contribution in [0.15, 0.2) is 0 Å². The van der Waals surface area contributed by atoms with Crippen LogP contribution >= 0.6 is 0 Å². The van der Waals surface area contributed by atoms with Crippen molar-refractivity contribution in [1.29, 1.82) is 0 Å². The van der Waals surface area contributed by atoms with E-state index in [1.165, 1.54) is 12.8 Å². The summed E-state index contributed by atoms with van der Waals surface area (Å²) in [6.07, 6.45) is -1.97.